The van der Waals surface area contributed by atoms with Gasteiger partial charge in [0.15, 0.2) is 0 Å². The summed E-state index contributed by atoms with van der Waals surface area (Å²) in [4.78, 5) is 2.41. The van der Waals surface area contributed by atoms with E-state index in [0.29, 0.717) is 0 Å². The van der Waals surface area contributed by atoms with Crippen molar-refractivity contribution in [2.24, 2.45) is 0 Å². The third-order valence-electron chi connectivity index (χ3n) is 3.18. The molecule has 2 N–H and O–H groups in total. The normalized spacial score (nSPS) is 10.9. The largest absolute Gasteiger partial charge is 0.399 e. The van der Waals surface area contributed by atoms with E-state index in [4.69, 9.17) is 5.73 Å². The van der Waals surface area contributed by atoms with Gasteiger partial charge in [-0.25, -0.2) is 0 Å². The van der Waals surface area contributed by atoms with Crippen LogP contribution in [-0.2, 0) is 13.1 Å². The first-order valence-corrected chi connectivity index (χ1v) is 7.28. The molecule has 0 spiro atoms. The summed E-state index contributed by atoms with van der Waals surface area (Å²) in [5.41, 5.74) is 9.14. The third-order valence-corrected chi connectivity index (χ3v) is 3.96. The molecule has 2 rings (SSSR count). The van der Waals surface area contributed by atoms with Crippen LogP contribution < -0.4 is 5.73 Å². The minimum absolute atomic E-state index is 0.817. The first kappa shape index (κ1) is 14.1. The topological polar surface area (TPSA) is 29.3 Å². The molecule has 19 heavy (non-hydrogen) atoms. The Balaban J connectivity index is 2.05. The van der Waals surface area contributed by atoms with Crippen molar-refractivity contribution in [1.29, 1.82) is 0 Å². The van der Waals surface area contributed by atoms with Gasteiger partial charge in [-0.15, -0.1) is 0 Å². The van der Waals surface area contributed by atoms with Crippen molar-refractivity contribution in [3.63, 3.8) is 0 Å². The third kappa shape index (κ3) is 4.08. The van der Waals surface area contributed by atoms with Crippen molar-refractivity contribution in [1.82, 2.24) is 4.90 Å². The second-order valence-electron chi connectivity index (χ2n) is 4.64. The maximum absolute atomic E-state index is 5.71. The highest BCUT2D eigenvalue weighted by molar-refractivity contribution is 9.10. The molecule has 0 aliphatic rings. The Bertz CT molecular complexity index is 523. The van der Waals surface area contributed by atoms with Gasteiger partial charge in [-0.05, 0) is 35.9 Å². The molecule has 0 radical (unpaired) electrons. The lowest BCUT2D eigenvalue weighted by molar-refractivity contribution is 0.271. The SMILES string of the molecule is CCN(Cc1ccc(N)cc1)Cc1ccccc1Br. The summed E-state index contributed by atoms with van der Waals surface area (Å²) in [6, 6.07) is 16.5. The maximum Gasteiger partial charge on any atom is 0.0314 e. The van der Waals surface area contributed by atoms with Gasteiger partial charge >= 0.3 is 0 Å². The van der Waals surface area contributed by atoms with Crippen molar-refractivity contribution >= 4 is 21.6 Å². The highest BCUT2D eigenvalue weighted by Gasteiger charge is 2.07. The van der Waals surface area contributed by atoms with Gasteiger partial charge in [0, 0.05) is 23.2 Å². The molecule has 0 saturated carbocycles. The lowest BCUT2D eigenvalue weighted by atomic mass is 10.1. The van der Waals surface area contributed by atoms with Gasteiger partial charge in [-0.3, -0.25) is 4.90 Å². The molecule has 0 unspecified atom stereocenters. The van der Waals surface area contributed by atoms with Crippen LogP contribution in [0.5, 0.6) is 0 Å². The van der Waals surface area contributed by atoms with E-state index in [0.717, 1.165) is 25.3 Å². The molecule has 0 aromatic heterocycles. The Morgan fingerprint density at radius 1 is 1.00 bits per heavy atom. The summed E-state index contributed by atoms with van der Waals surface area (Å²) in [5.74, 6) is 0. The van der Waals surface area contributed by atoms with E-state index in [-0.39, 0.29) is 0 Å². The first-order valence-electron chi connectivity index (χ1n) is 6.49. The number of hydrogen-bond acceptors (Lipinski definition) is 2. The molecule has 0 bridgehead atoms. The fourth-order valence-electron chi connectivity index (χ4n) is 2.03. The lowest BCUT2D eigenvalue weighted by Crippen LogP contribution is -2.22. The zero-order valence-corrected chi connectivity index (χ0v) is 12.7. The Hall–Kier alpha value is -1.32. The van der Waals surface area contributed by atoms with E-state index in [9.17, 15) is 0 Å². The number of nitrogens with zero attached hydrogens (tertiary/aromatic N) is 1. The highest BCUT2D eigenvalue weighted by Crippen LogP contribution is 2.19. The Labute approximate surface area is 123 Å². The minimum Gasteiger partial charge on any atom is -0.399 e. The second kappa shape index (κ2) is 6.73. The molecule has 3 heteroatoms. The molecule has 0 aliphatic heterocycles. The van der Waals surface area contributed by atoms with Crippen molar-refractivity contribution in [3.8, 4) is 0 Å². The monoisotopic (exact) mass is 318 g/mol. The summed E-state index contributed by atoms with van der Waals surface area (Å²) in [7, 11) is 0. The van der Waals surface area contributed by atoms with Crippen molar-refractivity contribution in [2.75, 3.05) is 12.3 Å². The molecule has 0 saturated heterocycles. The smallest absolute Gasteiger partial charge is 0.0314 e. The fourth-order valence-corrected chi connectivity index (χ4v) is 2.44. The van der Waals surface area contributed by atoms with Crippen molar-refractivity contribution < 1.29 is 0 Å². The van der Waals surface area contributed by atoms with Gasteiger partial charge in [-0.2, -0.15) is 0 Å². The molecule has 2 aromatic carbocycles. The summed E-state index contributed by atoms with van der Waals surface area (Å²) >= 11 is 3.61. The second-order valence-corrected chi connectivity index (χ2v) is 5.49. The van der Waals surface area contributed by atoms with Gasteiger partial charge in [0.25, 0.3) is 0 Å². The summed E-state index contributed by atoms with van der Waals surface area (Å²) in [6.07, 6.45) is 0. The molecular weight excluding hydrogens is 300 g/mol. The van der Waals surface area contributed by atoms with Crippen LogP contribution in [-0.4, -0.2) is 11.4 Å². The highest BCUT2D eigenvalue weighted by atomic mass is 79.9. The quantitative estimate of drug-likeness (QED) is 0.842. The molecule has 100 valence electrons. The standard InChI is InChI=1S/C16H19BrN2/c1-2-19(11-13-7-9-15(18)10-8-13)12-14-5-3-4-6-16(14)17/h3-10H,2,11-12,18H2,1H3. The average molecular weight is 319 g/mol. The summed E-state index contributed by atoms with van der Waals surface area (Å²) < 4.78 is 1.17. The Morgan fingerprint density at radius 2 is 1.68 bits per heavy atom. The molecule has 0 fully saturated rings. The zero-order chi connectivity index (χ0) is 13.7. The van der Waals surface area contributed by atoms with Crippen LogP contribution in [0.2, 0.25) is 0 Å². The van der Waals surface area contributed by atoms with Crippen LogP contribution in [0.4, 0.5) is 5.69 Å². The number of rotatable bonds is 5. The molecule has 0 amide bonds. The van der Waals surface area contributed by atoms with E-state index in [2.05, 4.69) is 58.1 Å². The van der Waals surface area contributed by atoms with Crippen molar-refractivity contribution in [2.45, 2.75) is 20.0 Å². The van der Waals surface area contributed by atoms with Gasteiger partial charge in [-0.1, -0.05) is 53.2 Å². The maximum atomic E-state index is 5.71. The number of anilines is 1. The van der Waals surface area contributed by atoms with E-state index in [1.807, 2.05) is 18.2 Å². The predicted octanol–water partition coefficient (Wildman–Crippen LogP) is 4.05. The summed E-state index contributed by atoms with van der Waals surface area (Å²) in [6.45, 7) is 5.10. The molecule has 2 nitrogen and oxygen atoms in total. The van der Waals surface area contributed by atoms with Crippen LogP contribution in [0.15, 0.2) is 53.0 Å². The van der Waals surface area contributed by atoms with Crippen LogP contribution in [0.1, 0.15) is 18.1 Å². The molecule has 0 aliphatic carbocycles. The van der Waals surface area contributed by atoms with E-state index >= 15 is 0 Å². The van der Waals surface area contributed by atoms with Crippen LogP contribution in [0.25, 0.3) is 0 Å². The Kier molecular flexibility index (Phi) is 5.00. The van der Waals surface area contributed by atoms with Gasteiger partial charge < -0.3 is 5.73 Å². The number of nitrogen functional groups attached to an aromatic ring is 1. The fraction of sp³-hybridized carbons (Fsp3) is 0.250. The van der Waals surface area contributed by atoms with Crippen LogP contribution in [0.3, 0.4) is 0 Å². The van der Waals surface area contributed by atoms with Gasteiger partial charge in [0.2, 0.25) is 0 Å². The predicted molar refractivity (Wildman–Crippen MR) is 84.8 cm³/mol. The zero-order valence-electron chi connectivity index (χ0n) is 11.1. The number of halogens is 1. The number of benzene rings is 2. The minimum atomic E-state index is 0.817. The molecule has 0 heterocycles. The van der Waals surface area contributed by atoms with Gasteiger partial charge in [0.05, 0.1) is 0 Å². The summed E-state index contributed by atoms with van der Waals surface area (Å²) in [5, 5.41) is 0. The van der Waals surface area contributed by atoms with Crippen LogP contribution >= 0.6 is 15.9 Å². The number of hydrogen-bond donors (Lipinski definition) is 1. The average Bonchev–Trinajstić information content (AvgIpc) is 2.43. The van der Waals surface area contributed by atoms with Gasteiger partial charge in [0.1, 0.15) is 0 Å². The first-order chi connectivity index (χ1) is 9.19. The lowest BCUT2D eigenvalue weighted by Gasteiger charge is -2.21. The number of nitrogens with two attached hydrogens (primary N) is 1. The van der Waals surface area contributed by atoms with E-state index in [1.165, 1.54) is 15.6 Å². The molecule has 2 aromatic rings. The molecular formula is C16H19BrN2. The molecule has 0 atom stereocenters. The van der Waals surface area contributed by atoms with Crippen molar-refractivity contribution in [3.05, 3.63) is 64.1 Å². The van der Waals surface area contributed by atoms with E-state index in [1.54, 1.807) is 0 Å². The van der Waals surface area contributed by atoms with Crippen LogP contribution in [0, 0.1) is 0 Å². The van der Waals surface area contributed by atoms with E-state index < -0.39 is 0 Å². The Morgan fingerprint density at radius 3 is 2.32 bits per heavy atom.